The Balaban J connectivity index is 1.31. The molecule has 0 amide bonds. The van der Waals surface area contributed by atoms with Gasteiger partial charge in [0, 0.05) is 6.54 Å². The third-order valence-corrected chi connectivity index (χ3v) is 7.31. The first-order chi connectivity index (χ1) is 11.0. The Morgan fingerprint density at radius 2 is 1.57 bits per heavy atom. The van der Waals surface area contributed by atoms with Gasteiger partial charge in [-0.15, -0.1) is 0 Å². The quantitative estimate of drug-likeness (QED) is 0.813. The lowest BCUT2D eigenvalue weighted by molar-refractivity contribution is -0.160. The van der Waals surface area contributed by atoms with E-state index in [4.69, 9.17) is 4.74 Å². The van der Waals surface area contributed by atoms with Crippen molar-refractivity contribution in [1.82, 2.24) is 4.72 Å². The summed E-state index contributed by atoms with van der Waals surface area (Å²) in [4.78, 5) is 0.315. The average molecular weight is 335 g/mol. The van der Waals surface area contributed by atoms with Crippen LogP contribution in [0.25, 0.3) is 0 Å². The van der Waals surface area contributed by atoms with E-state index in [-0.39, 0.29) is 5.60 Å². The molecule has 126 valence electrons. The number of hydrogen-bond donors (Lipinski definition) is 1. The van der Waals surface area contributed by atoms with Crippen molar-refractivity contribution in [2.45, 2.75) is 49.0 Å². The largest absolute Gasteiger partial charge is 0.374 e. The number of benzene rings is 1. The summed E-state index contributed by atoms with van der Waals surface area (Å²) < 4.78 is 33.3. The third kappa shape index (κ3) is 3.19. The second kappa shape index (κ2) is 5.87. The van der Waals surface area contributed by atoms with Crippen LogP contribution in [0.4, 0.5) is 0 Å². The Hall–Kier alpha value is -0.910. The van der Waals surface area contributed by atoms with Crippen molar-refractivity contribution in [3.8, 4) is 0 Å². The van der Waals surface area contributed by atoms with E-state index in [2.05, 4.69) is 4.72 Å². The highest BCUT2D eigenvalue weighted by atomic mass is 32.2. The molecule has 23 heavy (non-hydrogen) atoms. The average Bonchev–Trinajstić information content (AvgIpc) is 2.51. The van der Waals surface area contributed by atoms with Crippen molar-refractivity contribution >= 4 is 10.0 Å². The second-order valence-electron chi connectivity index (χ2n) is 7.66. The molecule has 4 fully saturated rings. The Labute approximate surface area is 138 Å². The lowest BCUT2D eigenvalue weighted by Gasteiger charge is -2.56. The highest BCUT2D eigenvalue weighted by molar-refractivity contribution is 7.89. The van der Waals surface area contributed by atoms with Crippen LogP contribution in [0.1, 0.15) is 38.5 Å². The summed E-state index contributed by atoms with van der Waals surface area (Å²) in [6.07, 6.45) is 7.73. The molecule has 4 aliphatic carbocycles. The minimum atomic E-state index is -3.42. The predicted octanol–water partition coefficient (Wildman–Crippen LogP) is 2.95. The van der Waals surface area contributed by atoms with Crippen LogP contribution in [0.3, 0.4) is 0 Å². The van der Waals surface area contributed by atoms with Crippen molar-refractivity contribution in [1.29, 1.82) is 0 Å². The van der Waals surface area contributed by atoms with Gasteiger partial charge in [-0.2, -0.15) is 0 Å². The normalized spacial score (nSPS) is 35.6. The van der Waals surface area contributed by atoms with Crippen LogP contribution in [0.2, 0.25) is 0 Å². The molecule has 4 aliphatic rings. The van der Waals surface area contributed by atoms with Crippen LogP contribution in [0.15, 0.2) is 35.2 Å². The SMILES string of the molecule is O=S(=O)(NCCOC12CC3CC(CC(C3)C1)C2)c1ccccc1. The molecule has 4 saturated carbocycles. The summed E-state index contributed by atoms with van der Waals surface area (Å²) >= 11 is 0. The molecule has 5 rings (SSSR count). The number of nitrogens with one attached hydrogen (secondary N) is 1. The predicted molar refractivity (Wildman–Crippen MR) is 88.5 cm³/mol. The van der Waals surface area contributed by atoms with Crippen LogP contribution in [0, 0.1) is 17.8 Å². The fourth-order valence-corrected chi connectivity index (χ4v) is 6.37. The van der Waals surface area contributed by atoms with Gasteiger partial charge in [-0.05, 0) is 68.4 Å². The van der Waals surface area contributed by atoms with Gasteiger partial charge in [-0.3, -0.25) is 0 Å². The summed E-state index contributed by atoms with van der Waals surface area (Å²) in [5.74, 6) is 2.55. The molecule has 0 spiro atoms. The maximum Gasteiger partial charge on any atom is 0.240 e. The van der Waals surface area contributed by atoms with E-state index in [9.17, 15) is 8.42 Å². The minimum Gasteiger partial charge on any atom is -0.374 e. The Bertz CT molecular complexity index is 621. The first-order valence-corrected chi connectivity index (χ1v) is 10.2. The van der Waals surface area contributed by atoms with Gasteiger partial charge in [0.15, 0.2) is 0 Å². The topological polar surface area (TPSA) is 55.4 Å². The Morgan fingerprint density at radius 3 is 2.13 bits per heavy atom. The van der Waals surface area contributed by atoms with Gasteiger partial charge < -0.3 is 4.74 Å². The van der Waals surface area contributed by atoms with Crippen LogP contribution < -0.4 is 4.72 Å². The lowest BCUT2D eigenvalue weighted by atomic mass is 9.54. The van der Waals surface area contributed by atoms with Crippen LogP contribution in [-0.2, 0) is 14.8 Å². The van der Waals surface area contributed by atoms with Crippen molar-refractivity contribution in [3.63, 3.8) is 0 Å². The monoisotopic (exact) mass is 335 g/mol. The molecule has 1 N–H and O–H groups in total. The molecule has 0 heterocycles. The van der Waals surface area contributed by atoms with Crippen molar-refractivity contribution in [2.75, 3.05) is 13.2 Å². The smallest absolute Gasteiger partial charge is 0.240 e. The van der Waals surface area contributed by atoms with Crippen LogP contribution in [-0.4, -0.2) is 27.2 Å². The van der Waals surface area contributed by atoms with E-state index < -0.39 is 10.0 Å². The number of rotatable bonds is 6. The van der Waals surface area contributed by atoms with E-state index in [1.54, 1.807) is 24.3 Å². The van der Waals surface area contributed by atoms with E-state index in [1.165, 1.54) is 38.5 Å². The van der Waals surface area contributed by atoms with Gasteiger partial charge in [0.05, 0.1) is 17.1 Å². The first-order valence-electron chi connectivity index (χ1n) is 8.73. The van der Waals surface area contributed by atoms with E-state index in [0.717, 1.165) is 17.8 Å². The maximum absolute atomic E-state index is 12.2. The second-order valence-corrected chi connectivity index (χ2v) is 9.43. The fourth-order valence-electron chi connectivity index (χ4n) is 5.33. The summed E-state index contributed by atoms with van der Waals surface area (Å²) in [5, 5.41) is 0. The summed E-state index contributed by atoms with van der Waals surface area (Å²) in [7, 11) is -3.42. The molecule has 0 unspecified atom stereocenters. The van der Waals surface area contributed by atoms with E-state index >= 15 is 0 Å². The van der Waals surface area contributed by atoms with Gasteiger partial charge in [-0.1, -0.05) is 18.2 Å². The standard InChI is InChI=1S/C18H25NO3S/c20-23(21,17-4-2-1-3-5-17)19-6-7-22-18-11-14-8-15(12-18)10-16(9-14)13-18/h1-5,14-16,19H,6-13H2. The highest BCUT2D eigenvalue weighted by Crippen LogP contribution is 2.57. The van der Waals surface area contributed by atoms with E-state index in [1.807, 2.05) is 6.07 Å². The third-order valence-electron chi connectivity index (χ3n) is 5.84. The van der Waals surface area contributed by atoms with Crippen LogP contribution in [0.5, 0.6) is 0 Å². The molecular formula is C18H25NO3S. The fraction of sp³-hybridized carbons (Fsp3) is 0.667. The molecule has 1 aromatic rings. The molecule has 0 atom stereocenters. The molecular weight excluding hydrogens is 310 g/mol. The van der Waals surface area contributed by atoms with Gasteiger partial charge in [0.2, 0.25) is 10.0 Å². The van der Waals surface area contributed by atoms with Crippen molar-refractivity contribution < 1.29 is 13.2 Å². The van der Waals surface area contributed by atoms with E-state index in [0.29, 0.717) is 18.0 Å². The van der Waals surface area contributed by atoms with Gasteiger partial charge in [0.25, 0.3) is 0 Å². The zero-order valence-corrected chi connectivity index (χ0v) is 14.2. The summed E-state index contributed by atoms with van der Waals surface area (Å²) in [6, 6.07) is 8.51. The van der Waals surface area contributed by atoms with Crippen molar-refractivity contribution in [3.05, 3.63) is 30.3 Å². The van der Waals surface area contributed by atoms with Gasteiger partial charge >= 0.3 is 0 Å². The van der Waals surface area contributed by atoms with Crippen molar-refractivity contribution in [2.24, 2.45) is 17.8 Å². The highest BCUT2D eigenvalue weighted by Gasteiger charge is 2.51. The Kier molecular flexibility index (Phi) is 3.98. The number of sulfonamides is 1. The number of ether oxygens (including phenoxy) is 1. The minimum absolute atomic E-state index is 0.0486. The summed E-state index contributed by atoms with van der Waals surface area (Å²) in [5.41, 5.74) is 0.0486. The lowest BCUT2D eigenvalue weighted by Crippen LogP contribution is -2.52. The molecule has 1 aromatic carbocycles. The molecule has 4 nitrogen and oxygen atoms in total. The van der Waals surface area contributed by atoms with Crippen LogP contribution >= 0.6 is 0 Å². The summed E-state index contributed by atoms with van der Waals surface area (Å²) in [6.45, 7) is 0.817. The van der Waals surface area contributed by atoms with Gasteiger partial charge in [-0.25, -0.2) is 13.1 Å². The molecule has 4 bridgehead atoms. The Morgan fingerprint density at radius 1 is 1.00 bits per heavy atom. The van der Waals surface area contributed by atoms with Gasteiger partial charge in [0.1, 0.15) is 0 Å². The maximum atomic E-state index is 12.2. The molecule has 0 radical (unpaired) electrons. The molecule has 0 aromatic heterocycles. The number of hydrogen-bond acceptors (Lipinski definition) is 3. The molecule has 0 saturated heterocycles. The zero-order chi connectivity index (χ0) is 15.9. The zero-order valence-electron chi connectivity index (χ0n) is 13.4. The molecule has 0 aliphatic heterocycles. The first kappa shape index (κ1) is 15.6. The molecule has 5 heteroatoms.